The van der Waals surface area contributed by atoms with Gasteiger partial charge in [0, 0.05) is 17.5 Å². The third-order valence-electron chi connectivity index (χ3n) is 2.62. The Kier molecular flexibility index (Phi) is 5.96. The van der Waals surface area contributed by atoms with E-state index in [1.165, 1.54) is 6.07 Å². The van der Waals surface area contributed by atoms with Gasteiger partial charge in [0.1, 0.15) is 0 Å². The molecule has 0 spiro atoms. The lowest BCUT2D eigenvalue weighted by atomic mass is 10.00. The number of hydrogen-bond donors (Lipinski definition) is 0. The highest BCUT2D eigenvalue weighted by Gasteiger charge is 2.10. The lowest BCUT2D eigenvalue weighted by Gasteiger charge is -2.12. The maximum Gasteiger partial charge on any atom is 0.162 e. The van der Waals surface area contributed by atoms with Crippen LogP contribution in [0, 0.1) is 0 Å². The smallest absolute Gasteiger partial charge is 0.162 e. The van der Waals surface area contributed by atoms with Crippen molar-refractivity contribution in [2.24, 2.45) is 0 Å². The number of carbonyl (C=O) groups excluding carboxylic acids is 2. The molecule has 0 radical (unpaired) electrons. The number of ether oxygens (including phenoxy) is 1. The highest BCUT2D eigenvalue weighted by molar-refractivity contribution is 5.99. The largest absolute Gasteiger partial charge is 0.545 e. The van der Waals surface area contributed by atoms with E-state index in [4.69, 9.17) is 4.74 Å². The molecule has 0 saturated carbocycles. The average molecular weight is 261 g/mol. The first-order chi connectivity index (χ1) is 9.10. The van der Waals surface area contributed by atoms with E-state index < -0.39 is 5.97 Å². The molecule has 1 rings (SSSR count). The van der Waals surface area contributed by atoms with E-state index in [1.807, 2.05) is 6.92 Å². The monoisotopic (exact) mass is 261 g/mol. The molecule has 0 atom stereocenters. The first-order valence-electron chi connectivity index (χ1n) is 6.16. The summed E-state index contributed by atoms with van der Waals surface area (Å²) in [5, 5.41) is 11.1. The Morgan fingerprint density at radius 2 is 2.16 bits per heavy atom. The molecule has 0 fully saturated rings. The first-order valence-corrected chi connectivity index (χ1v) is 6.16. The summed E-state index contributed by atoms with van der Waals surface area (Å²) in [6, 6.07) is 4.58. The third kappa shape index (κ3) is 4.34. The summed E-state index contributed by atoms with van der Waals surface area (Å²) in [6.07, 6.45) is 2.71. The van der Waals surface area contributed by atoms with Crippen LogP contribution >= 0.6 is 0 Å². The van der Waals surface area contributed by atoms with Crippen molar-refractivity contribution in [1.29, 1.82) is 0 Å². The second-order valence-corrected chi connectivity index (χ2v) is 4.14. The van der Waals surface area contributed by atoms with Crippen LogP contribution in [0.4, 0.5) is 0 Å². The molecular formula is C15H17O4-. The van der Waals surface area contributed by atoms with Gasteiger partial charge in [-0.2, -0.15) is 0 Å². The number of ketones is 1. The van der Waals surface area contributed by atoms with E-state index in [0.29, 0.717) is 24.2 Å². The van der Waals surface area contributed by atoms with Gasteiger partial charge < -0.3 is 14.6 Å². The molecule has 19 heavy (non-hydrogen) atoms. The number of Topliss-reactive ketones (excluding diaryl/α,β-unsaturated/α-hetero) is 1. The van der Waals surface area contributed by atoms with Crippen LogP contribution in [0.15, 0.2) is 30.9 Å². The Hall–Kier alpha value is -1.94. The molecule has 0 amide bonds. The van der Waals surface area contributed by atoms with Gasteiger partial charge in [0.25, 0.3) is 0 Å². The number of carboxylic acids is 1. The van der Waals surface area contributed by atoms with Crippen LogP contribution < -0.4 is 5.11 Å². The molecule has 0 aliphatic carbocycles. The van der Waals surface area contributed by atoms with Crippen molar-refractivity contribution in [2.45, 2.75) is 26.4 Å². The molecule has 0 aliphatic rings. The minimum atomic E-state index is -1.30. The number of carbonyl (C=O) groups is 2. The van der Waals surface area contributed by atoms with Crippen molar-refractivity contribution in [3.8, 4) is 0 Å². The maximum atomic E-state index is 11.7. The van der Waals surface area contributed by atoms with Crippen molar-refractivity contribution in [3.05, 3.63) is 47.5 Å². The Morgan fingerprint density at radius 1 is 1.42 bits per heavy atom. The van der Waals surface area contributed by atoms with Gasteiger partial charge in [-0.05, 0) is 18.1 Å². The van der Waals surface area contributed by atoms with Crippen molar-refractivity contribution in [1.82, 2.24) is 0 Å². The van der Waals surface area contributed by atoms with Crippen molar-refractivity contribution in [3.63, 3.8) is 0 Å². The standard InChI is InChI=1S/C15H18O4/c1-3-5-14(16)11-6-7-12(10-19-8-4-2)13(9-11)15(17)18/h4,6-7,9H,2-3,5,8,10H2,1H3,(H,17,18)/p-1. The summed E-state index contributed by atoms with van der Waals surface area (Å²) < 4.78 is 5.21. The Bertz CT molecular complexity index is 477. The van der Waals surface area contributed by atoms with E-state index >= 15 is 0 Å². The molecule has 0 aromatic heterocycles. The first kappa shape index (κ1) is 15.1. The van der Waals surface area contributed by atoms with Gasteiger partial charge >= 0.3 is 0 Å². The maximum absolute atomic E-state index is 11.7. The van der Waals surface area contributed by atoms with Gasteiger partial charge in [-0.15, -0.1) is 6.58 Å². The van der Waals surface area contributed by atoms with Crippen LogP contribution in [0.1, 0.15) is 46.0 Å². The molecule has 0 saturated heterocycles. The lowest BCUT2D eigenvalue weighted by Crippen LogP contribution is -2.24. The molecule has 1 aromatic carbocycles. The lowest BCUT2D eigenvalue weighted by molar-refractivity contribution is -0.255. The van der Waals surface area contributed by atoms with Crippen LogP contribution in [0.3, 0.4) is 0 Å². The van der Waals surface area contributed by atoms with Gasteiger partial charge in [-0.3, -0.25) is 4.79 Å². The summed E-state index contributed by atoms with van der Waals surface area (Å²) in [6.45, 7) is 5.89. The molecule has 4 nitrogen and oxygen atoms in total. The third-order valence-corrected chi connectivity index (χ3v) is 2.62. The Morgan fingerprint density at radius 3 is 2.74 bits per heavy atom. The summed E-state index contributed by atoms with van der Waals surface area (Å²) in [4.78, 5) is 22.8. The van der Waals surface area contributed by atoms with Crippen molar-refractivity contribution in [2.75, 3.05) is 6.61 Å². The van der Waals surface area contributed by atoms with Crippen molar-refractivity contribution < 1.29 is 19.4 Å². The normalized spacial score (nSPS) is 10.2. The fraction of sp³-hybridized carbons (Fsp3) is 0.333. The van der Waals surface area contributed by atoms with E-state index in [0.717, 1.165) is 6.42 Å². The molecule has 0 N–H and O–H groups in total. The number of aromatic carboxylic acids is 1. The fourth-order valence-corrected chi connectivity index (χ4v) is 1.69. The van der Waals surface area contributed by atoms with E-state index in [1.54, 1.807) is 18.2 Å². The average Bonchev–Trinajstić information content (AvgIpc) is 2.39. The molecule has 0 aliphatic heterocycles. The molecular weight excluding hydrogens is 244 g/mol. The van der Waals surface area contributed by atoms with Crippen molar-refractivity contribution >= 4 is 11.8 Å². The van der Waals surface area contributed by atoms with Crippen LogP contribution in [-0.2, 0) is 11.3 Å². The van der Waals surface area contributed by atoms with E-state index in [2.05, 4.69) is 6.58 Å². The zero-order valence-corrected chi connectivity index (χ0v) is 11.0. The Balaban J connectivity index is 2.97. The summed E-state index contributed by atoms with van der Waals surface area (Å²) in [7, 11) is 0. The zero-order chi connectivity index (χ0) is 14.3. The zero-order valence-electron chi connectivity index (χ0n) is 11.0. The van der Waals surface area contributed by atoms with E-state index in [9.17, 15) is 14.7 Å². The molecule has 0 unspecified atom stereocenters. The Labute approximate surface area is 112 Å². The summed E-state index contributed by atoms with van der Waals surface area (Å²) in [5.41, 5.74) is 0.898. The predicted octanol–water partition coefficient (Wildman–Crippen LogP) is 1.74. The molecule has 4 heteroatoms. The predicted molar refractivity (Wildman–Crippen MR) is 69.9 cm³/mol. The van der Waals surface area contributed by atoms with Crippen LogP contribution in [-0.4, -0.2) is 18.4 Å². The van der Waals surface area contributed by atoms with E-state index in [-0.39, 0.29) is 18.0 Å². The highest BCUT2D eigenvalue weighted by Crippen LogP contribution is 2.15. The molecule has 102 valence electrons. The topological polar surface area (TPSA) is 66.4 Å². The summed E-state index contributed by atoms with van der Waals surface area (Å²) in [5.74, 6) is -1.37. The SMILES string of the molecule is C=CCOCc1ccc(C(=O)CCC)cc1C(=O)[O-]. The van der Waals surface area contributed by atoms with Gasteiger partial charge in [0.2, 0.25) is 0 Å². The van der Waals surface area contributed by atoms with Gasteiger partial charge in [-0.25, -0.2) is 0 Å². The second-order valence-electron chi connectivity index (χ2n) is 4.14. The van der Waals surface area contributed by atoms with Gasteiger partial charge in [-0.1, -0.05) is 25.1 Å². The summed E-state index contributed by atoms with van der Waals surface area (Å²) >= 11 is 0. The minimum Gasteiger partial charge on any atom is -0.545 e. The number of rotatable bonds is 8. The second kappa shape index (κ2) is 7.48. The number of benzene rings is 1. The fourth-order valence-electron chi connectivity index (χ4n) is 1.69. The highest BCUT2D eigenvalue weighted by atomic mass is 16.5. The van der Waals surface area contributed by atoms with Gasteiger partial charge in [0.15, 0.2) is 5.78 Å². The number of carboxylic acid groups (broad SMARTS) is 1. The molecule has 0 heterocycles. The van der Waals surface area contributed by atoms with Crippen LogP contribution in [0.5, 0.6) is 0 Å². The quantitative estimate of drug-likeness (QED) is 0.406. The minimum absolute atomic E-state index is 0.00557. The van der Waals surface area contributed by atoms with Crippen LogP contribution in [0.2, 0.25) is 0 Å². The molecule has 1 aromatic rings. The number of hydrogen-bond acceptors (Lipinski definition) is 4. The molecule has 0 bridgehead atoms. The van der Waals surface area contributed by atoms with Crippen LogP contribution in [0.25, 0.3) is 0 Å². The van der Waals surface area contributed by atoms with Gasteiger partial charge in [0.05, 0.1) is 19.2 Å².